The summed E-state index contributed by atoms with van der Waals surface area (Å²) in [6.45, 7) is 1.21. The van der Waals surface area contributed by atoms with Crippen molar-refractivity contribution in [2.75, 3.05) is 26.0 Å². The Morgan fingerprint density at radius 3 is 0.914 bits per heavy atom. The van der Waals surface area contributed by atoms with Crippen LogP contribution in [0.4, 0.5) is 18.9 Å². The number of aromatic nitrogens is 10. The smallest absolute Gasteiger partial charge is 0.508 e. The monoisotopic (exact) mass is 1570 g/mol. The minimum atomic E-state index is -4.74. The molecule has 10 N–H and O–H groups in total. The fraction of sp³-hybridized carbons (Fsp3) is 0.186. The second kappa shape index (κ2) is 38.2. The van der Waals surface area contributed by atoms with Gasteiger partial charge in [0.25, 0.3) is 29.5 Å². The van der Waals surface area contributed by atoms with Gasteiger partial charge in [-0.1, -0.05) is 25.8 Å². The molecule has 15 aromatic rings. The van der Waals surface area contributed by atoms with Crippen LogP contribution in [-0.4, -0.2) is 116 Å². The number of methoxy groups -OCH3 is 1. The Bertz CT molecular complexity index is 5510. The molecule has 0 saturated heterocycles. The van der Waals surface area contributed by atoms with Gasteiger partial charge in [-0.2, -0.15) is 24.9 Å². The van der Waals surface area contributed by atoms with Crippen molar-refractivity contribution in [3.8, 4) is 166 Å². The molecule has 30 heteroatoms. The van der Waals surface area contributed by atoms with Gasteiger partial charge in [0, 0.05) is 67.4 Å². The van der Waals surface area contributed by atoms with Gasteiger partial charge in [0.1, 0.15) is 51.7 Å². The van der Waals surface area contributed by atoms with Gasteiger partial charge in [0.05, 0.1) is 25.9 Å². The van der Waals surface area contributed by atoms with Gasteiger partial charge in [-0.25, -0.2) is 0 Å². The first-order valence-corrected chi connectivity index (χ1v) is 36.8. The largest absolute Gasteiger partial charge is 0.573 e. The van der Waals surface area contributed by atoms with Crippen LogP contribution in [-0.2, 0) is 0 Å². The highest BCUT2D eigenvalue weighted by atomic mass is 19.4. The Labute approximate surface area is 661 Å². The number of halogens is 3. The van der Waals surface area contributed by atoms with Crippen molar-refractivity contribution in [1.29, 1.82) is 0 Å². The molecule has 2 fully saturated rings. The Morgan fingerprint density at radius 1 is 0.353 bits per heavy atom. The van der Waals surface area contributed by atoms with Crippen LogP contribution in [0.1, 0.15) is 57.8 Å². The summed E-state index contributed by atoms with van der Waals surface area (Å²) in [4.78, 5) is 21.7. The van der Waals surface area contributed by atoms with Crippen molar-refractivity contribution in [3.63, 3.8) is 0 Å². The highest BCUT2D eigenvalue weighted by Crippen LogP contribution is 2.34. The molecule has 116 heavy (non-hydrogen) atoms. The number of nitrogens with zero attached hydrogens (tertiary/aromatic N) is 10. The average molecular weight is 1570 g/mol. The third-order valence-electron chi connectivity index (χ3n) is 18.0. The van der Waals surface area contributed by atoms with Gasteiger partial charge in [-0.15, -0.1) is 13.2 Å². The number of phenols is 4. The van der Waals surface area contributed by atoms with Crippen LogP contribution in [0.15, 0.2) is 265 Å². The number of ether oxygens (including phenoxy) is 5. The minimum Gasteiger partial charge on any atom is -0.508 e. The number of anilines is 1. The van der Waals surface area contributed by atoms with E-state index in [4.69, 9.17) is 58.8 Å². The normalized spacial score (nSPS) is 13.7. The van der Waals surface area contributed by atoms with Crippen LogP contribution in [0.3, 0.4) is 0 Å². The van der Waals surface area contributed by atoms with Crippen LogP contribution < -0.4 is 40.9 Å². The Kier molecular flexibility index (Phi) is 26.3. The number of hydrogen-bond acceptors (Lipinski definition) is 27. The van der Waals surface area contributed by atoms with Crippen molar-refractivity contribution in [2.45, 2.75) is 82.4 Å². The zero-order chi connectivity index (χ0) is 80.8. The van der Waals surface area contributed by atoms with Gasteiger partial charge >= 0.3 is 6.36 Å². The summed E-state index contributed by atoms with van der Waals surface area (Å²) < 4.78 is 89.0. The maximum absolute atomic E-state index is 12.1. The molecule has 0 radical (unpaired) electrons. The number of phenolic OH excluding ortho intramolecular Hbond substituents is 4. The van der Waals surface area contributed by atoms with E-state index in [-0.39, 0.29) is 46.6 Å². The predicted octanol–water partition coefficient (Wildman–Crippen LogP) is 18.0. The molecule has 0 amide bonds. The Morgan fingerprint density at radius 2 is 0.621 bits per heavy atom. The van der Waals surface area contributed by atoms with E-state index in [0.29, 0.717) is 89.0 Å². The van der Waals surface area contributed by atoms with Crippen molar-refractivity contribution < 1.29 is 79.9 Å². The summed E-state index contributed by atoms with van der Waals surface area (Å²) in [5.41, 5.74) is 25.4. The van der Waals surface area contributed by atoms with Crippen LogP contribution in [0.5, 0.6) is 51.7 Å². The number of hydrogen-bond donors (Lipinski definition) is 7. The summed E-state index contributed by atoms with van der Waals surface area (Å²) >= 11 is 0. The first kappa shape index (κ1) is 79.7. The van der Waals surface area contributed by atoms with Crippen molar-refractivity contribution in [3.05, 3.63) is 243 Å². The number of alkyl halides is 3. The average Bonchev–Trinajstić information content (AvgIpc) is 1.70. The fourth-order valence-electron chi connectivity index (χ4n) is 11.8. The summed E-state index contributed by atoms with van der Waals surface area (Å²) in [5, 5.41) is 57.0. The van der Waals surface area contributed by atoms with Crippen LogP contribution in [0.25, 0.3) is 114 Å². The van der Waals surface area contributed by atoms with Gasteiger partial charge in [0.15, 0.2) is 0 Å². The van der Waals surface area contributed by atoms with Gasteiger partial charge < -0.3 is 83.9 Å². The van der Waals surface area contributed by atoms with Crippen molar-refractivity contribution >= 4 is 5.69 Å². The SMILES string of the molecule is COc1ccc(-c2noc(-c3ccc(O)cc3)n2)cc1.NC1CCC(Oc2ccc(-c3noc(-c4ccc(O)cc4)n3)cc2)CC1.NCCCOc1ccc(-c2noc(-c3ccc(O)cc3)n2)cc1.Nc1ccc(-c2nc(-c3ccc(OC4CCCC4)cc3)no2)cc1.Oc1ccc(-c2nc(-c3ccc(OC(F)(F)F)cc3)no2)cc1. The fourth-order valence-corrected chi connectivity index (χ4v) is 11.8. The number of benzene rings is 10. The first-order valence-electron chi connectivity index (χ1n) is 36.8. The maximum Gasteiger partial charge on any atom is 0.573 e. The minimum absolute atomic E-state index is 0.105. The molecule has 2 aliphatic carbocycles. The van der Waals surface area contributed by atoms with Gasteiger partial charge in [-0.3, -0.25) is 0 Å². The van der Waals surface area contributed by atoms with E-state index in [9.17, 15) is 33.6 Å². The Hall–Kier alpha value is -14.4. The van der Waals surface area contributed by atoms with Crippen LogP contribution in [0.2, 0.25) is 0 Å². The third kappa shape index (κ3) is 22.5. The molecule has 0 unspecified atom stereocenters. The molecule has 5 aromatic heterocycles. The summed E-state index contributed by atoms with van der Waals surface area (Å²) in [6.07, 6.45) is 5.56. The Balaban J connectivity index is 0.000000126. The molecule has 0 bridgehead atoms. The van der Waals surface area contributed by atoms with E-state index in [2.05, 4.69) is 55.4 Å². The van der Waals surface area contributed by atoms with Gasteiger partial charge in [0.2, 0.25) is 29.1 Å². The lowest BCUT2D eigenvalue weighted by molar-refractivity contribution is -0.274. The predicted molar refractivity (Wildman–Crippen MR) is 423 cm³/mol. The van der Waals surface area contributed by atoms with E-state index in [1.807, 2.05) is 121 Å². The number of rotatable bonds is 20. The van der Waals surface area contributed by atoms with Crippen molar-refractivity contribution in [1.82, 2.24) is 50.7 Å². The lowest BCUT2D eigenvalue weighted by atomic mass is 9.94. The lowest BCUT2D eigenvalue weighted by Gasteiger charge is -2.26. The van der Waals surface area contributed by atoms with E-state index >= 15 is 0 Å². The third-order valence-corrected chi connectivity index (χ3v) is 18.0. The molecule has 5 heterocycles. The van der Waals surface area contributed by atoms with E-state index in [0.717, 1.165) is 112 Å². The summed E-state index contributed by atoms with van der Waals surface area (Å²) in [6, 6.07) is 69.3. The summed E-state index contributed by atoms with van der Waals surface area (Å²) in [5.74, 6) is 7.93. The number of aromatic hydroxyl groups is 4. The summed E-state index contributed by atoms with van der Waals surface area (Å²) in [7, 11) is 1.62. The zero-order valence-corrected chi connectivity index (χ0v) is 62.3. The molecule has 0 spiro atoms. The van der Waals surface area contributed by atoms with E-state index < -0.39 is 6.36 Å². The molecule has 0 atom stereocenters. The standard InChI is InChI=1S/C20H21N3O3.C19H19N3O2.C17H17N3O3.C15H9F3N2O3.C15H12N2O3/c21-15-5-11-18(12-6-15)25-17-9-3-13(4-10-17)19-22-20(26-23-19)14-1-7-16(24)8-2-14;20-15-9-5-14(6-10-15)19-21-18(22-24-19)13-7-11-17(12-8-13)23-16-3-1-2-4-16;18-10-1-11-22-15-8-4-12(5-9-15)16-19-17(23-20-16)13-2-6-14(21)7-3-13;16-15(17,18)22-12-7-3-9(4-8-12)13-19-14(23-20-13)10-1-5-11(21)6-2-10;1-19-13-8-4-10(5-9-13)14-16-15(20-17-14)11-2-6-12(18)7-3-11/h1-4,7-10,15,18,24H,5-6,11-12,21H2;5-12,16H,1-4,20H2;2-9,21H,1,10-11,18H2;1-8,21H;2-9,18H,1H3. The maximum atomic E-state index is 12.1. The second-order valence-corrected chi connectivity index (χ2v) is 26.5. The molecular formula is C86H78F3N13O14. The van der Waals surface area contributed by atoms with E-state index in [1.54, 1.807) is 92.0 Å². The second-order valence-electron chi connectivity index (χ2n) is 26.5. The zero-order valence-electron chi connectivity index (χ0n) is 62.3. The highest BCUT2D eigenvalue weighted by molar-refractivity contribution is 5.66. The first-order chi connectivity index (χ1) is 56.4. The molecule has 27 nitrogen and oxygen atoms in total. The lowest BCUT2D eigenvalue weighted by Crippen LogP contribution is -2.31. The van der Waals surface area contributed by atoms with Crippen molar-refractivity contribution in [2.24, 2.45) is 11.5 Å². The molecular weight excluding hydrogens is 1500 g/mol. The van der Waals surface area contributed by atoms with Gasteiger partial charge in [-0.05, 0) is 307 Å². The van der Waals surface area contributed by atoms with Crippen LogP contribution in [0, 0.1) is 0 Å². The number of nitrogens with two attached hydrogens (primary N) is 3. The topological polar surface area (TPSA) is 400 Å². The molecule has 17 rings (SSSR count). The highest BCUT2D eigenvalue weighted by Gasteiger charge is 2.31. The molecule has 2 saturated carbocycles. The van der Waals surface area contributed by atoms with Crippen LogP contribution >= 0.6 is 0 Å². The molecule has 2 aliphatic rings. The quantitative estimate of drug-likeness (QED) is 0.0275. The number of nitrogen functional groups attached to an aromatic ring is 1. The molecule has 592 valence electrons. The van der Waals surface area contributed by atoms with E-state index in [1.165, 1.54) is 49.2 Å². The molecule has 0 aliphatic heterocycles. The molecule has 10 aromatic carbocycles.